The minimum Gasteiger partial charge on any atom is -0.344 e. The first-order valence-electron chi connectivity index (χ1n) is 4.22. The van der Waals surface area contributed by atoms with Gasteiger partial charge >= 0.3 is 0 Å². The van der Waals surface area contributed by atoms with E-state index in [2.05, 4.69) is 4.98 Å². The van der Waals surface area contributed by atoms with Gasteiger partial charge in [-0.25, -0.2) is 0 Å². The van der Waals surface area contributed by atoms with E-state index in [1.165, 1.54) is 0 Å². The lowest BCUT2D eigenvalue weighted by Gasteiger charge is -2.08. The van der Waals surface area contributed by atoms with Gasteiger partial charge < -0.3 is 4.89 Å². The molecule has 0 aliphatic carbocycles. The molecule has 1 heterocycles. The molecule has 1 unspecified atom stereocenters. The summed E-state index contributed by atoms with van der Waals surface area (Å²) < 4.78 is 11.5. The highest BCUT2D eigenvalue weighted by Gasteiger charge is 2.18. The van der Waals surface area contributed by atoms with Crippen LogP contribution < -0.4 is 0 Å². The molecular formula is C9H11N2O2P. The third kappa shape index (κ3) is 3.69. The highest BCUT2D eigenvalue weighted by Crippen LogP contribution is 2.44. The van der Waals surface area contributed by atoms with Crippen LogP contribution in [0.25, 0.3) is 0 Å². The van der Waals surface area contributed by atoms with Gasteiger partial charge in [0.2, 0.25) is 7.37 Å². The summed E-state index contributed by atoms with van der Waals surface area (Å²) >= 11 is 0. The summed E-state index contributed by atoms with van der Waals surface area (Å²) in [6.45, 7) is 0. The average Bonchev–Trinajstić information content (AvgIpc) is 2.16. The zero-order chi connectivity index (χ0) is 10.4. The van der Waals surface area contributed by atoms with E-state index in [4.69, 9.17) is 5.26 Å². The Morgan fingerprint density at radius 2 is 2.36 bits per heavy atom. The van der Waals surface area contributed by atoms with Gasteiger partial charge in [0.1, 0.15) is 0 Å². The van der Waals surface area contributed by atoms with Crippen LogP contribution in [0.15, 0.2) is 24.4 Å². The molecule has 0 saturated heterocycles. The lowest BCUT2D eigenvalue weighted by molar-refractivity contribution is 0.476. The Labute approximate surface area is 82.7 Å². The molecule has 0 fully saturated rings. The maximum absolute atomic E-state index is 11.5. The molecule has 0 radical (unpaired) electrons. The van der Waals surface area contributed by atoms with Crippen molar-refractivity contribution in [2.45, 2.75) is 12.6 Å². The normalized spacial score (nSPS) is 14.3. The van der Waals surface area contributed by atoms with E-state index in [1.54, 1.807) is 24.4 Å². The summed E-state index contributed by atoms with van der Waals surface area (Å²) in [6, 6.07) is 7.08. The lowest BCUT2D eigenvalue weighted by atomic mass is 10.4. The molecule has 0 amide bonds. The zero-order valence-corrected chi connectivity index (χ0v) is 8.52. The van der Waals surface area contributed by atoms with Gasteiger partial charge in [0, 0.05) is 24.5 Å². The number of nitriles is 1. The van der Waals surface area contributed by atoms with E-state index in [9.17, 15) is 9.46 Å². The molecular weight excluding hydrogens is 199 g/mol. The van der Waals surface area contributed by atoms with Crippen LogP contribution in [-0.4, -0.2) is 16.0 Å². The molecule has 0 saturated carbocycles. The van der Waals surface area contributed by atoms with Crippen LogP contribution in [0.3, 0.4) is 0 Å². The van der Waals surface area contributed by atoms with Crippen LogP contribution in [-0.2, 0) is 10.7 Å². The van der Waals surface area contributed by atoms with Gasteiger partial charge in [0.25, 0.3) is 0 Å². The maximum atomic E-state index is 11.5. The highest BCUT2D eigenvalue weighted by atomic mass is 31.2. The molecule has 1 aromatic rings. The Balaban J connectivity index is 2.60. The third-order valence-corrected chi connectivity index (χ3v) is 3.45. The minimum atomic E-state index is -3.22. The van der Waals surface area contributed by atoms with Gasteiger partial charge in [-0.15, -0.1) is 0 Å². The van der Waals surface area contributed by atoms with Crippen molar-refractivity contribution in [2.24, 2.45) is 0 Å². The Morgan fingerprint density at radius 1 is 1.57 bits per heavy atom. The number of hydrogen-bond donors (Lipinski definition) is 1. The molecule has 14 heavy (non-hydrogen) atoms. The third-order valence-electron chi connectivity index (χ3n) is 1.71. The molecule has 1 atom stereocenters. The number of rotatable bonds is 4. The Bertz CT molecular complexity index is 372. The first-order valence-corrected chi connectivity index (χ1v) is 6.25. The van der Waals surface area contributed by atoms with Gasteiger partial charge in [-0.2, -0.15) is 5.26 Å². The molecule has 1 rings (SSSR count). The summed E-state index contributed by atoms with van der Waals surface area (Å²) in [5.41, 5.74) is 0.594. The van der Waals surface area contributed by atoms with Crippen molar-refractivity contribution in [3.05, 3.63) is 30.1 Å². The predicted octanol–water partition coefficient (Wildman–Crippen LogP) is 1.77. The standard InChI is InChI=1S/C9H11N2O2P/c10-5-3-7-14(12,13)8-9-4-1-2-6-11-9/h1-2,4,6H,3,7-8H2,(H,12,13). The van der Waals surface area contributed by atoms with Gasteiger partial charge in [-0.1, -0.05) is 6.07 Å². The molecule has 5 heteroatoms. The molecule has 4 nitrogen and oxygen atoms in total. The number of hydrogen-bond acceptors (Lipinski definition) is 3. The van der Waals surface area contributed by atoms with Crippen LogP contribution in [0.4, 0.5) is 0 Å². The van der Waals surface area contributed by atoms with Crippen LogP contribution >= 0.6 is 7.37 Å². The SMILES string of the molecule is N#CCCP(=O)(O)Cc1ccccn1. The second-order valence-electron chi connectivity index (χ2n) is 2.96. The largest absolute Gasteiger partial charge is 0.344 e. The summed E-state index contributed by atoms with van der Waals surface area (Å²) in [4.78, 5) is 13.4. The minimum absolute atomic E-state index is 0.0417. The van der Waals surface area contributed by atoms with Crippen molar-refractivity contribution in [3.63, 3.8) is 0 Å². The van der Waals surface area contributed by atoms with E-state index in [0.29, 0.717) is 5.69 Å². The van der Waals surface area contributed by atoms with Crippen molar-refractivity contribution >= 4 is 7.37 Å². The van der Waals surface area contributed by atoms with E-state index >= 15 is 0 Å². The maximum Gasteiger partial charge on any atom is 0.207 e. The van der Waals surface area contributed by atoms with E-state index in [1.807, 2.05) is 6.07 Å². The highest BCUT2D eigenvalue weighted by molar-refractivity contribution is 7.57. The fourth-order valence-electron chi connectivity index (χ4n) is 1.05. The summed E-state index contributed by atoms with van der Waals surface area (Å²) in [6.07, 6.45) is 1.79. The summed E-state index contributed by atoms with van der Waals surface area (Å²) in [7, 11) is -3.22. The van der Waals surface area contributed by atoms with Crippen molar-refractivity contribution in [3.8, 4) is 6.07 Å². The van der Waals surface area contributed by atoms with Crippen molar-refractivity contribution in [1.29, 1.82) is 5.26 Å². The number of aromatic nitrogens is 1. The molecule has 0 bridgehead atoms. The number of nitrogens with zero attached hydrogens (tertiary/aromatic N) is 2. The topological polar surface area (TPSA) is 74.0 Å². The average molecular weight is 210 g/mol. The van der Waals surface area contributed by atoms with Crippen LogP contribution in [0.2, 0.25) is 0 Å². The van der Waals surface area contributed by atoms with E-state index in [-0.39, 0.29) is 18.7 Å². The molecule has 0 aliphatic heterocycles. The van der Waals surface area contributed by atoms with Crippen LogP contribution in [0.1, 0.15) is 12.1 Å². The fraction of sp³-hybridized carbons (Fsp3) is 0.333. The van der Waals surface area contributed by atoms with E-state index in [0.717, 1.165) is 0 Å². The van der Waals surface area contributed by atoms with E-state index < -0.39 is 7.37 Å². The first kappa shape index (κ1) is 10.9. The molecule has 0 spiro atoms. The quantitative estimate of drug-likeness (QED) is 0.768. The molecule has 1 aromatic heterocycles. The van der Waals surface area contributed by atoms with Crippen molar-refractivity contribution in [2.75, 3.05) is 6.16 Å². The zero-order valence-electron chi connectivity index (χ0n) is 7.63. The Morgan fingerprint density at radius 3 is 2.93 bits per heavy atom. The fourth-order valence-corrected chi connectivity index (χ4v) is 2.35. The summed E-state index contributed by atoms with van der Waals surface area (Å²) in [5.74, 6) is 0. The van der Waals surface area contributed by atoms with Crippen LogP contribution in [0.5, 0.6) is 0 Å². The first-order chi connectivity index (χ1) is 6.64. The monoisotopic (exact) mass is 210 g/mol. The lowest BCUT2D eigenvalue weighted by Crippen LogP contribution is -1.94. The summed E-state index contributed by atoms with van der Waals surface area (Å²) in [5, 5.41) is 8.30. The second kappa shape index (κ2) is 4.90. The molecule has 0 aliphatic rings. The van der Waals surface area contributed by atoms with Crippen molar-refractivity contribution < 1.29 is 9.46 Å². The predicted molar refractivity (Wildman–Crippen MR) is 52.9 cm³/mol. The van der Waals surface area contributed by atoms with Gasteiger partial charge in [0.05, 0.1) is 12.2 Å². The Kier molecular flexibility index (Phi) is 3.82. The molecule has 74 valence electrons. The molecule has 1 N–H and O–H groups in total. The number of pyridine rings is 1. The smallest absolute Gasteiger partial charge is 0.207 e. The van der Waals surface area contributed by atoms with Gasteiger partial charge in [-0.3, -0.25) is 9.55 Å². The molecule has 0 aromatic carbocycles. The second-order valence-corrected chi connectivity index (χ2v) is 5.41. The van der Waals surface area contributed by atoms with Gasteiger partial charge in [0.15, 0.2) is 0 Å². The Hall–Kier alpha value is -1.17. The van der Waals surface area contributed by atoms with Crippen molar-refractivity contribution in [1.82, 2.24) is 4.98 Å². The van der Waals surface area contributed by atoms with Crippen LogP contribution in [0, 0.1) is 11.3 Å². The van der Waals surface area contributed by atoms with Gasteiger partial charge in [-0.05, 0) is 12.1 Å².